The van der Waals surface area contributed by atoms with Gasteiger partial charge in [0.2, 0.25) is 10.0 Å². The van der Waals surface area contributed by atoms with Crippen molar-refractivity contribution in [2.24, 2.45) is 18.9 Å². The second-order valence-electron chi connectivity index (χ2n) is 7.74. The molecular formula is C19H23N3O3S2. The van der Waals surface area contributed by atoms with E-state index in [-0.39, 0.29) is 0 Å². The minimum atomic E-state index is -3.42. The van der Waals surface area contributed by atoms with Crippen LogP contribution in [0.2, 0.25) is 0 Å². The first-order valence-electron chi connectivity index (χ1n) is 9.40. The summed E-state index contributed by atoms with van der Waals surface area (Å²) in [5, 5.41) is 1.58. The highest BCUT2D eigenvalue weighted by molar-refractivity contribution is 7.99. The summed E-state index contributed by atoms with van der Waals surface area (Å²) >= 11 is 1.83. The molecule has 5 rings (SSSR count). The van der Waals surface area contributed by atoms with E-state index in [1.54, 1.807) is 22.5 Å². The van der Waals surface area contributed by atoms with E-state index in [0.717, 1.165) is 35.7 Å². The summed E-state index contributed by atoms with van der Waals surface area (Å²) in [4.78, 5) is 4.81. The zero-order valence-electron chi connectivity index (χ0n) is 15.2. The van der Waals surface area contributed by atoms with E-state index >= 15 is 0 Å². The first-order valence-corrected chi connectivity index (χ1v) is 11.7. The molecule has 2 fully saturated rings. The highest BCUT2D eigenvalue weighted by Gasteiger charge is 2.45. The summed E-state index contributed by atoms with van der Waals surface area (Å²) in [5.74, 6) is 1.73. The Balaban J connectivity index is 1.27. The molecule has 1 aromatic carbocycles. The molecule has 1 aromatic heterocycles. The van der Waals surface area contributed by atoms with Crippen LogP contribution >= 0.6 is 11.8 Å². The average molecular weight is 406 g/mol. The third kappa shape index (κ3) is 3.07. The van der Waals surface area contributed by atoms with E-state index in [4.69, 9.17) is 4.74 Å². The van der Waals surface area contributed by atoms with Gasteiger partial charge in [-0.1, -0.05) is 11.8 Å². The van der Waals surface area contributed by atoms with Gasteiger partial charge >= 0.3 is 0 Å². The van der Waals surface area contributed by atoms with Crippen LogP contribution in [0.4, 0.5) is 0 Å². The van der Waals surface area contributed by atoms with Crippen LogP contribution in [0, 0.1) is 11.8 Å². The summed E-state index contributed by atoms with van der Waals surface area (Å²) in [7, 11) is -1.41. The maximum Gasteiger partial charge on any atom is 0.243 e. The van der Waals surface area contributed by atoms with Crippen molar-refractivity contribution in [3.05, 3.63) is 36.2 Å². The van der Waals surface area contributed by atoms with Crippen LogP contribution in [0.5, 0.6) is 5.75 Å². The van der Waals surface area contributed by atoms with Gasteiger partial charge in [-0.15, -0.1) is 0 Å². The van der Waals surface area contributed by atoms with Gasteiger partial charge < -0.3 is 9.30 Å². The quantitative estimate of drug-likeness (QED) is 0.782. The number of rotatable bonds is 4. The summed E-state index contributed by atoms with van der Waals surface area (Å²) in [6, 6.07) is 5.28. The van der Waals surface area contributed by atoms with Crippen LogP contribution < -0.4 is 4.74 Å². The number of sulfonamides is 1. The Hall–Kier alpha value is -1.51. The molecule has 0 amide bonds. The van der Waals surface area contributed by atoms with Gasteiger partial charge in [0.1, 0.15) is 5.75 Å². The van der Waals surface area contributed by atoms with Crippen LogP contribution in [0.15, 0.2) is 40.6 Å². The Morgan fingerprint density at radius 3 is 2.70 bits per heavy atom. The number of nitrogens with zero attached hydrogens (tertiary/aromatic N) is 3. The van der Waals surface area contributed by atoms with E-state index in [1.807, 2.05) is 35.8 Å². The number of imidazole rings is 1. The molecule has 6 nitrogen and oxygen atoms in total. The smallest absolute Gasteiger partial charge is 0.243 e. The van der Waals surface area contributed by atoms with Crippen LogP contribution in [0.3, 0.4) is 0 Å². The predicted molar refractivity (Wildman–Crippen MR) is 103 cm³/mol. The number of hydrogen-bond acceptors (Lipinski definition) is 5. The number of ether oxygens (including phenoxy) is 1. The lowest BCUT2D eigenvalue weighted by molar-refractivity contribution is 0.356. The van der Waals surface area contributed by atoms with Crippen molar-refractivity contribution in [1.29, 1.82) is 0 Å². The molecule has 2 aliphatic heterocycles. The number of aromatic nitrogens is 2. The van der Waals surface area contributed by atoms with Gasteiger partial charge in [-0.2, -0.15) is 4.31 Å². The van der Waals surface area contributed by atoms with Gasteiger partial charge in [0.05, 0.1) is 11.5 Å². The summed E-state index contributed by atoms with van der Waals surface area (Å²) < 4.78 is 35.5. The standard InChI is InChI=1S/C19H23N3O3S2/c1-21-6-5-20-19(21)26-16-8-14-11-22(12-15(14)9-16)27(23,24)17-2-3-18-13(10-17)4-7-25-18/h2-3,5-6,10,14-16H,4,7-9,11-12H2,1H3/t14-,15+,16?. The first kappa shape index (κ1) is 17.6. The van der Waals surface area contributed by atoms with Gasteiger partial charge in [-0.3, -0.25) is 0 Å². The maximum absolute atomic E-state index is 13.1. The number of fused-ring (bicyclic) bond motifs is 2. The zero-order chi connectivity index (χ0) is 18.6. The monoisotopic (exact) mass is 405 g/mol. The number of thioether (sulfide) groups is 1. The van der Waals surface area contributed by atoms with Gasteiger partial charge in [-0.05, 0) is 48.4 Å². The largest absolute Gasteiger partial charge is 0.493 e. The lowest BCUT2D eigenvalue weighted by atomic mass is 10.0. The zero-order valence-corrected chi connectivity index (χ0v) is 16.9. The second kappa shape index (κ2) is 6.53. The minimum absolute atomic E-state index is 0.408. The van der Waals surface area contributed by atoms with Crippen molar-refractivity contribution < 1.29 is 13.2 Å². The summed E-state index contributed by atoms with van der Waals surface area (Å²) in [6.45, 7) is 1.91. The van der Waals surface area contributed by atoms with E-state index in [2.05, 4.69) is 4.98 Å². The fourth-order valence-corrected chi connectivity index (χ4v) is 7.52. The molecule has 1 saturated carbocycles. The van der Waals surface area contributed by atoms with Crippen LogP contribution in [-0.2, 0) is 23.5 Å². The number of aryl methyl sites for hydroxylation is 1. The molecule has 1 aliphatic carbocycles. The molecule has 144 valence electrons. The van der Waals surface area contributed by atoms with Crippen LogP contribution in [0.1, 0.15) is 18.4 Å². The Morgan fingerprint density at radius 1 is 1.22 bits per heavy atom. The minimum Gasteiger partial charge on any atom is -0.493 e. The Labute approximate surface area is 164 Å². The van der Waals surface area contributed by atoms with Crippen molar-refractivity contribution in [3.8, 4) is 5.75 Å². The fourth-order valence-electron chi connectivity index (χ4n) is 4.58. The molecule has 0 radical (unpaired) electrons. The molecule has 8 heteroatoms. The highest BCUT2D eigenvalue weighted by Crippen LogP contribution is 2.46. The third-order valence-electron chi connectivity index (χ3n) is 6.02. The van der Waals surface area contributed by atoms with E-state index in [1.165, 1.54) is 0 Å². The van der Waals surface area contributed by atoms with Crippen molar-refractivity contribution in [3.63, 3.8) is 0 Å². The van der Waals surface area contributed by atoms with Gasteiger partial charge in [0.25, 0.3) is 0 Å². The van der Waals surface area contributed by atoms with Gasteiger partial charge in [0.15, 0.2) is 5.16 Å². The lowest BCUT2D eigenvalue weighted by Gasteiger charge is -2.19. The number of hydrogen-bond donors (Lipinski definition) is 0. The molecule has 0 N–H and O–H groups in total. The molecule has 0 bridgehead atoms. The first-order chi connectivity index (χ1) is 13.0. The molecule has 3 heterocycles. The molecule has 3 atom stereocenters. The molecule has 2 aromatic rings. The fraction of sp³-hybridized carbons (Fsp3) is 0.526. The molecule has 27 heavy (non-hydrogen) atoms. The van der Waals surface area contributed by atoms with E-state index in [0.29, 0.717) is 41.7 Å². The summed E-state index contributed by atoms with van der Waals surface area (Å²) in [5.41, 5.74) is 1.00. The van der Waals surface area contributed by atoms with Crippen LogP contribution in [-0.4, -0.2) is 47.2 Å². The van der Waals surface area contributed by atoms with Gasteiger partial charge in [-0.25, -0.2) is 13.4 Å². The Kier molecular flexibility index (Phi) is 4.25. The Bertz CT molecular complexity index is 958. The SMILES string of the molecule is Cn1ccnc1SC1C[C@@H]2CN(S(=O)(=O)c3ccc4c(c3)CCO4)C[C@@H]2C1. The van der Waals surface area contributed by atoms with Crippen molar-refractivity contribution in [2.75, 3.05) is 19.7 Å². The van der Waals surface area contributed by atoms with Crippen molar-refractivity contribution in [1.82, 2.24) is 13.9 Å². The van der Waals surface area contributed by atoms with Crippen molar-refractivity contribution in [2.45, 2.75) is 34.6 Å². The normalized spacial score (nSPS) is 27.5. The van der Waals surface area contributed by atoms with E-state index in [9.17, 15) is 8.42 Å². The molecular weight excluding hydrogens is 382 g/mol. The predicted octanol–water partition coefficient (Wildman–Crippen LogP) is 2.55. The average Bonchev–Trinajstić information content (AvgIpc) is 3.39. The maximum atomic E-state index is 13.1. The second-order valence-corrected chi connectivity index (χ2v) is 10.9. The highest BCUT2D eigenvalue weighted by atomic mass is 32.2. The molecule has 1 saturated heterocycles. The van der Waals surface area contributed by atoms with Crippen LogP contribution in [0.25, 0.3) is 0 Å². The topological polar surface area (TPSA) is 64.4 Å². The van der Waals surface area contributed by atoms with Gasteiger partial charge in [0, 0.05) is 44.2 Å². The summed E-state index contributed by atoms with van der Waals surface area (Å²) in [6.07, 6.45) is 6.71. The van der Waals surface area contributed by atoms with E-state index < -0.39 is 10.0 Å². The number of benzene rings is 1. The Morgan fingerprint density at radius 2 is 2.00 bits per heavy atom. The lowest BCUT2D eigenvalue weighted by Crippen LogP contribution is -2.30. The molecule has 0 spiro atoms. The third-order valence-corrected chi connectivity index (χ3v) is 9.17. The molecule has 3 aliphatic rings. The molecule has 1 unspecified atom stereocenters. The van der Waals surface area contributed by atoms with Crippen molar-refractivity contribution >= 4 is 21.8 Å².